The van der Waals surface area contributed by atoms with Crippen molar-refractivity contribution in [1.82, 2.24) is 0 Å². The van der Waals surface area contributed by atoms with Crippen molar-refractivity contribution in [3.05, 3.63) is 22.2 Å². The van der Waals surface area contributed by atoms with Crippen LogP contribution in [0.4, 0.5) is 13.2 Å². The number of nitrogens with two attached hydrogens (primary N) is 1. The third-order valence-corrected chi connectivity index (χ3v) is 2.94. The lowest BCUT2D eigenvalue weighted by atomic mass is 10.1. The summed E-state index contributed by atoms with van der Waals surface area (Å²) in [5.41, 5.74) is 6.38. The molecule has 0 bridgehead atoms. The summed E-state index contributed by atoms with van der Waals surface area (Å²) < 4.78 is 47.0. The van der Waals surface area contributed by atoms with E-state index >= 15 is 0 Å². The molecule has 108 valence electrons. The Morgan fingerprint density at radius 1 is 1.32 bits per heavy atom. The third kappa shape index (κ3) is 5.28. The summed E-state index contributed by atoms with van der Waals surface area (Å²) in [6.45, 7) is 0.0264. The minimum absolute atomic E-state index is 0.271. The summed E-state index contributed by atoms with van der Waals surface area (Å²) in [6, 6.07) is 3.47. The van der Waals surface area contributed by atoms with E-state index in [9.17, 15) is 13.2 Å². The molecular formula is C12H15BrF3NO2. The standard InChI is InChI=1S/C12H15BrF3NO2/c1-18-10-7-8(2-4-17)6-9(13)11(10)19-5-3-12(14,15)16/h6-7H,2-5,17H2,1H3. The van der Waals surface area contributed by atoms with Crippen molar-refractivity contribution in [1.29, 1.82) is 0 Å². The molecule has 7 heteroatoms. The highest BCUT2D eigenvalue weighted by molar-refractivity contribution is 9.10. The van der Waals surface area contributed by atoms with Gasteiger partial charge in [0.05, 0.1) is 24.6 Å². The van der Waals surface area contributed by atoms with E-state index in [1.165, 1.54) is 7.11 Å². The largest absolute Gasteiger partial charge is 0.493 e. The van der Waals surface area contributed by atoms with Crippen LogP contribution < -0.4 is 15.2 Å². The highest BCUT2D eigenvalue weighted by Gasteiger charge is 2.27. The molecule has 0 fully saturated rings. The van der Waals surface area contributed by atoms with Crippen molar-refractivity contribution in [2.75, 3.05) is 20.3 Å². The van der Waals surface area contributed by atoms with Crippen molar-refractivity contribution >= 4 is 15.9 Å². The Morgan fingerprint density at radius 3 is 2.53 bits per heavy atom. The highest BCUT2D eigenvalue weighted by Crippen LogP contribution is 2.37. The molecule has 1 aromatic carbocycles. The first-order valence-electron chi connectivity index (χ1n) is 5.63. The lowest BCUT2D eigenvalue weighted by Gasteiger charge is -2.15. The quantitative estimate of drug-likeness (QED) is 0.863. The first-order chi connectivity index (χ1) is 8.87. The number of ether oxygens (including phenoxy) is 2. The maximum atomic E-state index is 12.1. The van der Waals surface area contributed by atoms with E-state index in [1.807, 2.05) is 0 Å². The minimum atomic E-state index is -4.24. The monoisotopic (exact) mass is 341 g/mol. The predicted molar refractivity (Wildman–Crippen MR) is 69.6 cm³/mol. The van der Waals surface area contributed by atoms with Gasteiger partial charge in [0.2, 0.25) is 0 Å². The molecule has 3 nitrogen and oxygen atoms in total. The molecule has 0 saturated heterocycles. The van der Waals surface area contributed by atoms with Crippen LogP contribution in [0.15, 0.2) is 16.6 Å². The number of hydrogen-bond donors (Lipinski definition) is 1. The summed E-state index contributed by atoms with van der Waals surface area (Å²) >= 11 is 3.26. The summed E-state index contributed by atoms with van der Waals surface area (Å²) in [6.07, 6.45) is -4.59. The Kier molecular flexibility index (Phi) is 5.93. The molecule has 1 aromatic rings. The van der Waals surface area contributed by atoms with Crippen molar-refractivity contribution in [3.8, 4) is 11.5 Å². The fraction of sp³-hybridized carbons (Fsp3) is 0.500. The van der Waals surface area contributed by atoms with E-state index in [4.69, 9.17) is 15.2 Å². The average Bonchev–Trinajstić information content (AvgIpc) is 2.30. The third-order valence-electron chi connectivity index (χ3n) is 2.35. The molecular weight excluding hydrogens is 327 g/mol. The second kappa shape index (κ2) is 7.00. The van der Waals surface area contributed by atoms with Gasteiger partial charge in [0.25, 0.3) is 0 Å². The fourth-order valence-electron chi connectivity index (χ4n) is 1.49. The van der Waals surface area contributed by atoms with Gasteiger partial charge in [0.15, 0.2) is 11.5 Å². The molecule has 0 radical (unpaired) electrons. The van der Waals surface area contributed by atoms with Crippen molar-refractivity contribution < 1.29 is 22.6 Å². The van der Waals surface area contributed by atoms with Crippen LogP contribution in [-0.2, 0) is 6.42 Å². The Morgan fingerprint density at radius 2 is 2.00 bits per heavy atom. The molecule has 0 aliphatic carbocycles. The minimum Gasteiger partial charge on any atom is -0.493 e. The molecule has 0 aromatic heterocycles. The summed E-state index contributed by atoms with van der Waals surface area (Å²) in [5.74, 6) is 0.660. The second-order valence-corrected chi connectivity index (χ2v) is 4.72. The summed E-state index contributed by atoms with van der Waals surface area (Å²) in [4.78, 5) is 0. The first-order valence-corrected chi connectivity index (χ1v) is 6.42. The fourth-order valence-corrected chi connectivity index (χ4v) is 2.10. The van der Waals surface area contributed by atoms with Gasteiger partial charge in [0, 0.05) is 0 Å². The maximum absolute atomic E-state index is 12.1. The maximum Gasteiger partial charge on any atom is 0.392 e. The van der Waals surface area contributed by atoms with Gasteiger partial charge in [-0.3, -0.25) is 0 Å². The zero-order valence-corrected chi connectivity index (χ0v) is 12.0. The van der Waals surface area contributed by atoms with Gasteiger partial charge in [-0.2, -0.15) is 13.2 Å². The van der Waals surface area contributed by atoms with Crippen LogP contribution in [0.5, 0.6) is 11.5 Å². The number of rotatable bonds is 6. The Bertz CT molecular complexity index is 424. The van der Waals surface area contributed by atoms with E-state index in [2.05, 4.69) is 15.9 Å². The first kappa shape index (κ1) is 16.1. The number of benzene rings is 1. The summed E-state index contributed by atoms with van der Waals surface area (Å²) in [7, 11) is 1.44. The topological polar surface area (TPSA) is 44.5 Å². The molecule has 0 amide bonds. The molecule has 0 saturated carbocycles. The Hall–Kier alpha value is -0.950. The van der Waals surface area contributed by atoms with Crippen molar-refractivity contribution in [2.45, 2.75) is 19.0 Å². The van der Waals surface area contributed by atoms with Crippen molar-refractivity contribution in [3.63, 3.8) is 0 Å². The second-order valence-electron chi connectivity index (χ2n) is 3.86. The number of alkyl halides is 3. The number of methoxy groups -OCH3 is 1. The van der Waals surface area contributed by atoms with E-state index in [0.717, 1.165) is 5.56 Å². The van der Waals surface area contributed by atoms with Crippen LogP contribution in [0.3, 0.4) is 0 Å². The lowest BCUT2D eigenvalue weighted by molar-refractivity contribution is -0.139. The molecule has 0 heterocycles. The molecule has 2 N–H and O–H groups in total. The van der Waals surface area contributed by atoms with Gasteiger partial charge in [-0.05, 0) is 46.6 Å². The normalized spacial score (nSPS) is 11.5. The Labute approximate surface area is 118 Å². The molecule has 0 spiro atoms. The van der Waals surface area contributed by atoms with Gasteiger partial charge in [-0.1, -0.05) is 0 Å². The van der Waals surface area contributed by atoms with Crippen molar-refractivity contribution in [2.24, 2.45) is 5.73 Å². The molecule has 0 aliphatic rings. The van der Waals surface area contributed by atoms with Crippen LogP contribution in [0.2, 0.25) is 0 Å². The van der Waals surface area contributed by atoms with Gasteiger partial charge >= 0.3 is 6.18 Å². The van der Waals surface area contributed by atoms with Gasteiger partial charge in [-0.25, -0.2) is 0 Å². The Balaban J connectivity index is 2.82. The van der Waals surface area contributed by atoms with Crippen LogP contribution in [0.25, 0.3) is 0 Å². The van der Waals surface area contributed by atoms with E-state index < -0.39 is 19.2 Å². The molecule has 0 atom stereocenters. The number of halogens is 4. The van der Waals surface area contributed by atoms with Gasteiger partial charge < -0.3 is 15.2 Å². The summed E-state index contributed by atoms with van der Waals surface area (Å²) in [5, 5.41) is 0. The molecule has 0 unspecified atom stereocenters. The highest BCUT2D eigenvalue weighted by atomic mass is 79.9. The number of hydrogen-bond acceptors (Lipinski definition) is 3. The smallest absolute Gasteiger partial charge is 0.392 e. The van der Waals surface area contributed by atoms with Crippen LogP contribution >= 0.6 is 15.9 Å². The zero-order valence-electron chi connectivity index (χ0n) is 10.4. The van der Waals surface area contributed by atoms with E-state index in [-0.39, 0.29) is 5.75 Å². The zero-order chi connectivity index (χ0) is 14.5. The van der Waals surface area contributed by atoms with Gasteiger partial charge in [0.1, 0.15) is 0 Å². The average molecular weight is 342 g/mol. The van der Waals surface area contributed by atoms with Gasteiger partial charge in [-0.15, -0.1) is 0 Å². The van der Waals surface area contributed by atoms with E-state index in [1.54, 1.807) is 12.1 Å². The van der Waals surface area contributed by atoms with Crippen LogP contribution in [0.1, 0.15) is 12.0 Å². The lowest BCUT2D eigenvalue weighted by Crippen LogP contribution is -2.13. The van der Waals surface area contributed by atoms with Crippen LogP contribution in [-0.4, -0.2) is 26.4 Å². The predicted octanol–water partition coefficient (Wildman–Crippen LogP) is 3.29. The molecule has 1 rings (SSSR count). The SMILES string of the molecule is COc1cc(CCN)cc(Br)c1OCCC(F)(F)F. The molecule has 19 heavy (non-hydrogen) atoms. The van der Waals surface area contributed by atoms with Crippen LogP contribution in [0, 0.1) is 0 Å². The molecule has 0 aliphatic heterocycles. The van der Waals surface area contributed by atoms with E-state index in [0.29, 0.717) is 23.2 Å².